The molecule has 6 N–H and O–H groups in total. The van der Waals surface area contributed by atoms with Crippen LogP contribution in [0.2, 0.25) is 0 Å². The van der Waals surface area contributed by atoms with Crippen molar-refractivity contribution in [3.63, 3.8) is 0 Å². The van der Waals surface area contributed by atoms with Crippen LogP contribution >= 0.6 is 0 Å². The van der Waals surface area contributed by atoms with Crippen LogP contribution in [0, 0.1) is 11.8 Å². The van der Waals surface area contributed by atoms with Crippen molar-refractivity contribution in [2.75, 3.05) is 65.4 Å². The maximum Gasteiger partial charge on any atom is 0.0205 e. The van der Waals surface area contributed by atoms with Crippen molar-refractivity contribution in [3.05, 3.63) is 82.9 Å². The first-order valence-electron chi connectivity index (χ1n) is 18.4. The van der Waals surface area contributed by atoms with Crippen LogP contribution in [0.5, 0.6) is 0 Å². The SMILES string of the molecule is CC(C)CNCCCNCCCNCc1cccc(C2=C(c3cccc(CNCCCNCCCNCC(C)C)c3)CCC=C2)c1. The molecular formula is C40H66N6. The van der Waals surface area contributed by atoms with Crippen LogP contribution in [-0.4, -0.2) is 65.4 Å². The predicted molar refractivity (Wildman–Crippen MR) is 201 cm³/mol. The highest BCUT2D eigenvalue weighted by atomic mass is 14.9. The average molecular weight is 631 g/mol. The van der Waals surface area contributed by atoms with Gasteiger partial charge in [0.15, 0.2) is 0 Å². The topological polar surface area (TPSA) is 72.2 Å². The first kappa shape index (κ1) is 38.1. The fourth-order valence-corrected chi connectivity index (χ4v) is 5.80. The predicted octanol–water partition coefficient (Wildman–Crippen LogP) is 6.36. The molecule has 6 nitrogen and oxygen atoms in total. The summed E-state index contributed by atoms with van der Waals surface area (Å²) < 4.78 is 0. The van der Waals surface area contributed by atoms with E-state index in [1.165, 1.54) is 46.2 Å². The van der Waals surface area contributed by atoms with E-state index in [-0.39, 0.29) is 0 Å². The summed E-state index contributed by atoms with van der Waals surface area (Å²) in [7, 11) is 0. The Kier molecular flexibility index (Phi) is 19.8. The van der Waals surface area contributed by atoms with E-state index < -0.39 is 0 Å². The van der Waals surface area contributed by atoms with Crippen LogP contribution in [0.3, 0.4) is 0 Å². The molecule has 2 aromatic carbocycles. The summed E-state index contributed by atoms with van der Waals surface area (Å²) in [6.07, 6.45) is 11.5. The van der Waals surface area contributed by atoms with Crippen LogP contribution < -0.4 is 31.9 Å². The third-order valence-electron chi connectivity index (χ3n) is 8.28. The monoisotopic (exact) mass is 631 g/mol. The van der Waals surface area contributed by atoms with Gasteiger partial charge in [-0.3, -0.25) is 0 Å². The molecule has 0 fully saturated rings. The second-order valence-electron chi connectivity index (χ2n) is 13.7. The summed E-state index contributed by atoms with van der Waals surface area (Å²) in [4.78, 5) is 0. The molecule has 0 atom stereocenters. The van der Waals surface area contributed by atoms with Crippen LogP contribution in [0.25, 0.3) is 11.1 Å². The number of nitrogens with one attached hydrogen (secondary N) is 6. The maximum atomic E-state index is 3.66. The Morgan fingerprint density at radius 1 is 0.543 bits per heavy atom. The lowest BCUT2D eigenvalue weighted by Crippen LogP contribution is -2.26. The minimum atomic E-state index is 0.725. The molecule has 0 unspecified atom stereocenters. The molecule has 0 aromatic heterocycles. The van der Waals surface area contributed by atoms with Crippen LogP contribution in [-0.2, 0) is 13.1 Å². The number of allylic oxidation sites excluding steroid dienone is 4. The highest BCUT2D eigenvalue weighted by Gasteiger charge is 2.13. The van der Waals surface area contributed by atoms with Crippen molar-refractivity contribution >= 4 is 11.1 Å². The highest BCUT2D eigenvalue weighted by Crippen LogP contribution is 2.35. The van der Waals surface area contributed by atoms with Crippen LogP contribution in [0.4, 0.5) is 0 Å². The second-order valence-corrected chi connectivity index (χ2v) is 13.7. The van der Waals surface area contributed by atoms with Gasteiger partial charge in [-0.2, -0.15) is 0 Å². The van der Waals surface area contributed by atoms with Gasteiger partial charge in [0.1, 0.15) is 0 Å². The summed E-state index contributed by atoms with van der Waals surface area (Å²) in [6.45, 7) is 21.7. The summed E-state index contributed by atoms with van der Waals surface area (Å²) in [5.41, 5.74) is 8.23. The summed E-state index contributed by atoms with van der Waals surface area (Å²) in [6, 6.07) is 18.3. The van der Waals surface area contributed by atoms with Gasteiger partial charge in [-0.1, -0.05) is 82.3 Å². The largest absolute Gasteiger partial charge is 0.317 e. The van der Waals surface area contributed by atoms with Crippen molar-refractivity contribution in [2.24, 2.45) is 11.8 Å². The van der Waals surface area contributed by atoms with Crippen LogP contribution in [0.1, 0.15) is 88.5 Å². The smallest absolute Gasteiger partial charge is 0.0205 e. The Labute approximate surface area is 282 Å². The maximum absolute atomic E-state index is 3.66. The van der Waals surface area contributed by atoms with E-state index in [0.29, 0.717) is 0 Å². The number of benzene rings is 2. The highest BCUT2D eigenvalue weighted by molar-refractivity contribution is 5.96. The third kappa shape index (κ3) is 16.5. The van der Waals surface area contributed by atoms with Gasteiger partial charge < -0.3 is 31.9 Å². The van der Waals surface area contributed by atoms with Gasteiger partial charge in [-0.15, -0.1) is 0 Å². The van der Waals surface area contributed by atoms with Crippen molar-refractivity contribution in [2.45, 2.75) is 79.3 Å². The zero-order chi connectivity index (χ0) is 32.7. The van der Waals surface area contributed by atoms with Gasteiger partial charge in [0.05, 0.1) is 0 Å². The lowest BCUT2D eigenvalue weighted by Gasteiger charge is -2.18. The Hall–Kier alpha value is -2.32. The molecule has 0 aliphatic heterocycles. The molecule has 1 aliphatic carbocycles. The number of hydrogen-bond donors (Lipinski definition) is 6. The second kappa shape index (κ2) is 23.9. The van der Waals surface area contributed by atoms with Crippen LogP contribution in [0.15, 0.2) is 60.7 Å². The number of rotatable bonds is 26. The van der Waals surface area contributed by atoms with E-state index in [1.54, 1.807) is 0 Å². The fraction of sp³-hybridized carbons (Fsp3) is 0.600. The van der Waals surface area contributed by atoms with Gasteiger partial charge in [0.2, 0.25) is 0 Å². The summed E-state index contributed by atoms with van der Waals surface area (Å²) >= 11 is 0. The van der Waals surface area contributed by atoms with E-state index in [4.69, 9.17) is 0 Å². The molecule has 256 valence electrons. The minimum absolute atomic E-state index is 0.725. The number of hydrogen-bond acceptors (Lipinski definition) is 6. The molecule has 0 bridgehead atoms. The lowest BCUT2D eigenvalue weighted by atomic mass is 9.87. The van der Waals surface area contributed by atoms with Crippen molar-refractivity contribution in [1.29, 1.82) is 0 Å². The Morgan fingerprint density at radius 2 is 1.00 bits per heavy atom. The molecule has 0 spiro atoms. The van der Waals surface area contributed by atoms with Gasteiger partial charge >= 0.3 is 0 Å². The van der Waals surface area contributed by atoms with E-state index in [1.807, 2.05) is 0 Å². The normalized spacial score (nSPS) is 13.4. The molecule has 1 aliphatic rings. The Morgan fingerprint density at radius 3 is 1.52 bits per heavy atom. The molecule has 0 saturated carbocycles. The zero-order valence-corrected chi connectivity index (χ0v) is 29.7. The molecule has 46 heavy (non-hydrogen) atoms. The zero-order valence-electron chi connectivity index (χ0n) is 29.7. The molecule has 3 rings (SSSR count). The Balaban J connectivity index is 1.39. The first-order chi connectivity index (χ1) is 22.5. The van der Waals surface area contributed by atoms with Crippen molar-refractivity contribution < 1.29 is 0 Å². The summed E-state index contributed by atoms with van der Waals surface area (Å²) in [5, 5.41) is 21.5. The molecule has 0 amide bonds. The van der Waals surface area contributed by atoms with E-state index >= 15 is 0 Å². The average Bonchev–Trinajstić information content (AvgIpc) is 3.06. The van der Waals surface area contributed by atoms with E-state index in [9.17, 15) is 0 Å². The van der Waals surface area contributed by atoms with Crippen molar-refractivity contribution in [3.8, 4) is 0 Å². The van der Waals surface area contributed by atoms with Gasteiger partial charge in [-0.05, 0) is 155 Å². The summed E-state index contributed by atoms with van der Waals surface area (Å²) in [5.74, 6) is 1.45. The standard InChI is InChI=1S/C40H66N6/c1-33(2)29-43-23-9-19-41-21-11-25-45-31-35-13-7-15-37(27-35)39-17-5-6-18-40(39)38-16-8-14-36(28-38)32-46-26-12-22-42-20-10-24-44-30-34(3)4/h5,7-8,13-17,27-28,33-34,41-46H,6,9-12,18-26,29-32H2,1-4H3. The van der Waals surface area contributed by atoms with Gasteiger partial charge in [0.25, 0.3) is 0 Å². The molecule has 6 heteroatoms. The van der Waals surface area contributed by atoms with Crippen molar-refractivity contribution in [1.82, 2.24) is 31.9 Å². The molecule has 0 heterocycles. The van der Waals surface area contributed by atoms with Gasteiger partial charge in [-0.25, -0.2) is 0 Å². The Bertz CT molecular complexity index is 1140. The van der Waals surface area contributed by atoms with E-state index in [2.05, 4.69) is 120 Å². The molecule has 2 aromatic rings. The fourth-order valence-electron chi connectivity index (χ4n) is 5.80. The third-order valence-corrected chi connectivity index (χ3v) is 8.28. The molecule has 0 radical (unpaired) electrons. The first-order valence-corrected chi connectivity index (χ1v) is 18.4. The molecular weight excluding hydrogens is 564 g/mol. The lowest BCUT2D eigenvalue weighted by molar-refractivity contribution is 0.525. The molecule has 0 saturated heterocycles. The minimum Gasteiger partial charge on any atom is -0.317 e. The van der Waals surface area contributed by atoms with E-state index in [0.717, 1.165) is 116 Å². The quantitative estimate of drug-likeness (QED) is 0.0681. The van der Waals surface area contributed by atoms with Gasteiger partial charge in [0, 0.05) is 13.1 Å².